The third-order valence-corrected chi connectivity index (χ3v) is 4.75. The highest BCUT2D eigenvalue weighted by Crippen LogP contribution is 2.29. The maximum Gasteiger partial charge on any atom is 0.203 e. The van der Waals surface area contributed by atoms with Gasteiger partial charge in [-0.3, -0.25) is 9.47 Å². The molecule has 1 aliphatic rings. The predicted molar refractivity (Wildman–Crippen MR) is 91.8 cm³/mol. The van der Waals surface area contributed by atoms with Crippen LogP contribution in [-0.2, 0) is 6.67 Å². The Balaban J connectivity index is 1.83. The summed E-state index contributed by atoms with van der Waals surface area (Å²) in [6.07, 6.45) is 4.59. The molecule has 0 radical (unpaired) electrons. The average Bonchev–Trinajstić information content (AvgIpc) is 3.23. The topological polar surface area (TPSA) is 26.0 Å². The molecule has 1 heterocycles. The molecule has 1 aromatic heterocycles. The molecule has 0 atom stereocenters. The summed E-state index contributed by atoms with van der Waals surface area (Å²) < 4.78 is 4.71. The first-order valence-electron chi connectivity index (χ1n) is 8.03. The summed E-state index contributed by atoms with van der Waals surface area (Å²) in [5, 5.41) is 4.50. The van der Waals surface area contributed by atoms with Gasteiger partial charge in [0.05, 0.1) is 12.4 Å². The molecule has 5 heteroatoms. The van der Waals surface area contributed by atoms with Gasteiger partial charge < -0.3 is 0 Å². The van der Waals surface area contributed by atoms with Crippen molar-refractivity contribution in [1.82, 2.24) is 19.2 Å². The first kappa shape index (κ1) is 15.4. The van der Waals surface area contributed by atoms with Gasteiger partial charge in [-0.2, -0.15) is 5.10 Å². The maximum absolute atomic E-state index is 5.63. The van der Waals surface area contributed by atoms with Crippen molar-refractivity contribution in [3.8, 4) is 5.69 Å². The molecule has 118 valence electrons. The summed E-state index contributed by atoms with van der Waals surface area (Å²) in [6.45, 7) is 9.41. The lowest BCUT2D eigenvalue weighted by Gasteiger charge is -2.19. The molecule has 0 aliphatic heterocycles. The van der Waals surface area contributed by atoms with Crippen molar-refractivity contribution in [2.75, 3.05) is 13.1 Å². The molecule has 0 amide bonds. The summed E-state index contributed by atoms with van der Waals surface area (Å²) in [5.74, 6) is 0.885. The summed E-state index contributed by atoms with van der Waals surface area (Å²) in [7, 11) is 0. The third kappa shape index (κ3) is 3.31. The van der Waals surface area contributed by atoms with Crippen molar-refractivity contribution >= 4 is 12.2 Å². The lowest BCUT2D eigenvalue weighted by atomic mass is 10.1. The number of hydrogen-bond acceptors (Lipinski definition) is 3. The van der Waals surface area contributed by atoms with Gasteiger partial charge in [-0.25, -0.2) is 4.68 Å². The van der Waals surface area contributed by atoms with Gasteiger partial charge in [-0.1, -0.05) is 24.6 Å². The largest absolute Gasteiger partial charge is 0.284 e. The first-order valence-corrected chi connectivity index (χ1v) is 8.43. The summed E-state index contributed by atoms with van der Waals surface area (Å²) >= 11 is 5.63. The second-order valence-electron chi connectivity index (χ2n) is 6.33. The number of nitrogens with zero attached hydrogens (tertiary/aromatic N) is 4. The second-order valence-corrected chi connectivity index (χ2v) is 6.69. The number of aromatic nitrogens is 3. The fourth-order valence-electron chi connectivity index (χ4n) is 2.82. The second kappa shape index (κ2) is 6.34. The van der Waals surface area contributed by atoms with Gasteiger partial charge >= 0.3 is 0 Å². The van der Waals surface area contributed by atoms with E-state index < -0.39 is 0 Å². The lowest BCUT2D eigenvalue weighted by molar-refractivity contribution is 0.207. The summed E-state index contributed by atoms with van der Waals surface area (Å²) in [4.78, 5) is 2.42. The molecule has 4 nitrogen and oxygen atoms in total. The van der Waals surface area contributed by atoms with Gasteiger partial charge in [0.15, 0.2) is 0 Å². The first-order chi connectivity index (χ1) is 10.6. The van der Waals surface area contributed by atoms with Gasteiger partial charge in [0.1, 0.15) is 6.33 Å². The van der Waals surface area contributed by atoms with Crippen molar-refractivity contribution in [2.24, 2.45) is 5.92 Å². The van der Waals surface area contributed by atoms with Crippen LogP contribution in [0.2, 0.25) is 0 Å². The van der Waals surface area contributed by atoms with E-state index in [-0.39, 0.29) is 0 Å². The molecule has 0 N–H and O–H groups in total. The highest BCUT2D eigenvalue weighted by atomic mass is 32.1. The quantitative estimate of drug-likeness (QED) is 0.760. The van der Waals surface area contributed by atoms with Crippen molar-refractivity contribution < 1.29 is 0 Å². The maximum atomic E-state index is 5.63. The molecule has 2 aromatic rings. The Labute approximate surface area is 137 Å². The van der Waals surface area contributed by atoms with Crippen LogP contribution in [-0.4, -0.2) is 32.3 Å². The lowest BCUT2D eigenvalue weighted by Crippen LogP contribution is -2.29. The fourth-order valence-corrected chi connectivity index (χ4v) is 3.07. The molecule has 22 heavy (non-hydrogen) atoms. The number of benzene rings is 1. The molecule has 0 bridgehead atoms. The molecule has 1 fully saturated rings. The van der Waals surface area contributed by atoms with Crippen molar-refractivity contribution in [3.05, 3.63) is 40.4 Å². The van der Waals surface area contributed by atoms with E-state index in [1.807, 2.05) is 15.6 Å². The monoisotopic (exact) mass is 316 g/mol. The Morgan fingerprint density at radius 3 is 2.73 bits per heavy atom. The fraction of sp³-hybridized carbons (Fsp3) is 0.529. The average molecular weight is 316 g/mol. The predicted octanol–water partition coefficient (Wildman–Crippen LogP) is 3.71. The zero-order valence-corrected chi connectivity index (χ0v) is 14.4. The van der Waals surface area contributed by atoms with Gasteiger partial charge in [0.2, 0.25) is 4.77 Å². The SMILES string of the molecule is CCN(CC1CC1)Cn1ncn(-c2ccc(C)cc2C)c1=S. The molecular weight excluding hydrogens is 292 g/mol. The van der Waals surface area contributed by atoms with Crippen LogP contribution in [0.5, 0.6) is 0 Å². The Kier molecular flexibility index (Phi) is 4.45. The van der Waals surface area contributed by atoms with Crippen molar-refractivity contribution in [2.45, 2.75) is 40.3 Å². The van der Waals surface area contributed by atoms with E-state index in [9.17, 15) is 0 Å². The van der Waals surface area contributed by atoms with Gasteiger partial charge in [0, 0.05) is 6.54 Å². The highest BCUT2D eigenvalue weighted by molar-refractivity contribution is 7.71. The summed E-state index contributed by atoms with van der Waals surface area (Å²) in [6, 6.07) is 6.42. The minimum Gasteiger partial charge on any atom is -0.284 e. The zero-order valence-electron chi connectivity index (χ0n) is 13.6. The minimum absolute atomic E-state index is 0.765. The van der Waals surface area contributed by atoms with E-state index >= 15 is 0 Å². The third-order valence-electron chi connectivity index (χ3n) is 4.34. The molecule has 1 aromatic carbocycles. The van der Waals surface area contributed by atoms with E-state index in [2.05, 4.69) is 49.0 Å². The van der Waals surface area contributed by atoms with Crippen LogP contribution in [0.25, 0.3) is 5.69 Å². The Bertz CT molecular complexity index is 712. The van der Waals surface area contributed by atoms with Crippen LogP contribution < -0.4 is 0 Å². The number of aryl methyl sites for hydroxylation is 2. The standard InChI is InChI=1S/C17H24N4S/c1-4-19(10-15-6-7-15)12-21-17(22)20(11-18-21)16-8-5-13(2)9-14(16)3/h5,8-9,11,15H,4,6-7,10,12H2,1-3H3. The van der Waals surface area contributed by atoms with Crippen molar-refractivity contribution in [1.29, 1.82) is 0 Å². The number of hydrogen-bond donors (Lipinski definition) is 0. The van der Waals surface area contributed by atoms with E-state index in [1.54, 1.807) is 0 Å². The van der Waals surface area contributed by atoms with Gasteiger partial charge in [-0.05, 0) is 63.0 Å². The molecule has 3 rings (SSSR count). The van der Waals surface area contributed by atoms with Crippen LogP contribution in [0.4, 0.5) is 0 Å². The van der Waals surface area contributed by atoms with E-state index in [4.69, 9.17) is 12.2 Å². The Morgan fingerprint density at radius 2 is 2.09 bits per heavy atom. The summed E-state index contributed by atoms with van der Waals surface area (Å²) in [5.41, 5.74) is 3.61. The minimum atomic E-state index is 0.765. The van der Waals surface area contributed by atoms with E-state index in [0.29, 0.717) is 0 Å². The van der Waals surface area contributed by atoms with Crippen LogP contribution in [0.1, 0.15) is 30.9 Å². The van der Waals surface area contributed by atoms with Gasteiger partial charge in [0.25, 0.3) is 0 Å². The zero-order chi connectivity index (χ0) is 15.7. The Morgan fingerprint density at radius 1 is 1.32 bits per heavy atom. The van der Waals surface area contributed by atoms with Crippen LogP contribution >= 0.6 is 12.2 Å². The molecular formula is C17H24N4S. The van der Waals surface area contributed by atoms with Crippen molar-refractivity contribution in [3.63, 3.8) is 0 Å². The Hall–Kier alpha value is -1.46. The van der Waals surface area contributed by atoms with Crippen LogP contribution in [0.3, 0.4) is 0 Å². The van der Waals surface area contributed by atoms with E-state index in [1.165, 1.54) is 24.0 Å². The van der Waals surface area contributed by atoms with Crippen LogP contribution in [0.15, 0.2) is 24.5 Å². The molecule has 0 spiro atoms. The van der Waals surface area contributed by atoms with Gasteiger partial charge in [-0.15, -0.1) is 0 Å². The normalized spacial score (nSPS) is 14.7. The molecule has 1 aliphatic carbocycles. The van der Waals surface area contributed by atoms with Crippen LogP contribution in [0, 0.1) is 24.5 Å². The molecule has 0 saturated heterocycles. The number of rotatable bonds is 6. The molecule has 1 saturated carbocycles. The smallest absolute Gasteiger partial charge is 0.203 e. The molecule has 0 unspecified atom stereocenters. The van der Waals surface area contributed by atoms with E-state index in [0.717, 1.165) is 36.1 Å². The highest BCUT2D eigenvalue weighted by Gasteiger charge is 2.24.